The third kappa shape index (κ3) is 1.75. The first-order valence-electron chi connectivity index (χ1n) is 4.58. The highest BCUT2D eigenvalue weighted by Gasteiger charge is 2.09. The molecular formula is C11H7N5. The standard InChI is InChI=1S/C11H7N5/c1-13-11-8-16(15-10(11)4-5-12)9-3-2-6-14-7-9/h2-3,6-8H,4H2. The minimum absolute atomic E-state index is 0.144. The molecule has 0 spiro atoms. The lowest BCUT2D eigenvalue weighted by Gasteiger charge is -1.98. The largest absolute Gasteiger partial charge is 0.262 e. The quantitative estimate of drug-likeness (QED) is 0.709. The number of rotatable bonds is 2. The highest BCUT2D eigenvalue weighted by Crippen LogP contribution is 2.20. The fourth-order valence-electron chi connectivity index (χ4n) is 1.32. The minimum Gasteiger partial charge on any atom is -0.262 e. The molecule has 0 radical (unpaired) electrons. The van der Waals surface area contributed by atoms with Gasteiger partial charge in [0.25, 0.3) is 0 Å². The van der Waals surface area contributed by atoms with Crippen molar-refractivity contribution in [1.82, 2.24) is 14.8 Å². The van der Waals surface area contributed by atoms with E-state index < -0.39 is 0 Å². The molecule has 2 heterocycles. The van der Waals surface area contributed by atoms with Crippen molar-refractivity contribution in [3.8, 4) is 11.8 Å². The monoisotopic (exact) mass is 209 g/mol. The average Bonchev–Trinajstić information content (AvgIpc) is 2.74. The van der Waals surface area contributed by atoms with Gasteiger partial charge in [-0.2, -0.15) is 10.4 Å². The van der Waals surface area contributed by atoms with Crippen LogP contribution in [0.2, 0.25) is 0 Å². The first kappa shape index (κ1) is 9.88. The number of hydrogen-bond acceptors (Lipinski definition) is 3. The molecule has 0 aliphatic carbocycles. The molecule has 0 saturated carbocycles. The van der Waals surface area contributed by atoms with Gasteiger partial charge in [-0.15, -0.1) is 0 Å². The van der Waals surface area contributed by atoms with Crippen LogP contribution in [-0.2, 0) is 6.42 Å². The van der Waals surface area contributed by atoms with Gasteiger partial charge >= 0.3 is 0 Å². The van der Waals surface area contributed by atoms with Crippen LogP contribution in [0.25, 0.3) is 10.5 Å². The SMILES string of the molecule is [C-]#[N+]c1cn(-c2cccnc2)nc1CC#N. The second kappa shape index (κ2) is 4.24. The summed E-state index contributed by atoms with van der Waals surface area (Å²) >= 11 is 0. The van der Waals surface area contributed by atoms with Crippen LogP contribution in [0, 0.1) is 17.9 Å². The predicted octanol–water partition coefficient (Wildman–Crippen LogP) is 1.88. The molecule has 0 aliphatic heterocycles. The van der Waals surface area contributed by atoms with Crippen molar-refractivity contribution < 1.29 is 0 Å². The van der Waals surface area contributed by atoms with Gasteiger partial charge in [0.15, 0.2) is 0 Å². The third-order valence-electron chi connectivity index (χ3n) is 2.05. The van der Waals surface area contributed by atoms with Crippen molar-refractivity contribution in [2.24, 2.45) is 0 Å². The zero-order valence-corrected chi connectivity index (χ0v) is 8.33. The van der Waals surface area contributed by atoms with E-state index in [4.69, 9.17) is 11.8 Å². The fraction of sp³-hybridized carbons (Fsp3) is 0.0909. The maximum Gasteiger partial charge on any atom is 0.228 e. The molecule has 0 atom stereocenters. The van der Waals surface area contributed by atoms with Crippen LogP contribution in [0.1, 0.15) is 5.69 Å². The highest BCUT2D eigenvalue weighted by atomic mass is 15.3. The molecule has 0 fully saturated rings. The molecular weight excluding hydrogens is 202 g/mol. The van der Waals surface area contributed by atoms with Gasteiger partial charge in [-0.25, -0.2) is 4.85 Å². The molecule has 76 valence electrons. The zero-order valence-electron chi connectivity index (χ0n) is 8.33. The summed E-state index contributed by atoms with van der Waals surface area (Å²) in [6.45, 7) is 6.99. The van der Waals surface area contributed by atoms with Crippen molar-refractivity contribution in [3.05, 3.63) is 47.8 Å². The number of aromatic nitrogens is 3. The smallest absolute Gasteiger partial charge is 0.228 e. The topological polar surface area (TPSA) is 58.9 Å². The Hall–Kier alpha value is -2.66. The summed E-state index contributed by atoms with van der Waals surface area (Å²) in [7, 11) is 0. The van der Waals surface area contributed by atoms with E-state index in [0.29, 0.717) is 11.4 Å². The Kier molecular flexibility index (Phi) is 2.62. The molecule has 2 rings (SSSR count). The van der Waals surface area contributed by atoms with Gasteiger partial charge in [0, 0.05) is 12.4 Å². The minimum atomic E-state index is 0.144. The average molecular weight is 209 g/mol. The van der Waals surface area contributed by atoms with Crippen molar-refractivity contribution in [2.75, 3.05) is 0 Å². The van der Waals surface area contributed by atoms with Crippen LogP contribution in [0.4, 0.5) is 5.69 Å². The molecule has 0 aliphatic rings. The molecule has 2 aromatic rings. The van der Waals surface area contributed by atoms with Crippen molar-refractivity contribution >= 4 is 5.69 Å². The van der Waals surface area contributed by atoms with E-state index in [1.807, 2.05) is 12.1 Å². The fourth-order valence-corrected chi connectivity index (χ4v) is 1.32. The molecule has 5 heteroatoms. The molecule has 16 heavy (non-hydrogen) atoms. The predicted molar refractivity (Wildman–Crippen MR) is 56.9 cm³/mol. The lowest BCUT2D eigenvalue weighted by atomic mass is 10.3. The molecule has 0 bridgehead atoms. The van der Waals surface area contributed by atoms with Gasteiger partial charge in [0.05, 0.1) is 36.6 Å². The van der Waals surface area contributed by atoms with Gasteiger partial charge in [0.2, 0.25) is 5.69 Å². The van der Waals surface area contributed by atoms with E-state index in [0.717, 1.165) is 5.69 Å². The molecule has 0 N–H and O–H groups in total. The Labute approximate surface area is 92.4 Å². The lowest BCUT2D eigenvalue weighted by Crippen LogP contribution is -1.95. The maximum absolute atomic E-state index is 8.60. The third-order valence-corrected chi connectivity index (χ3v) is 2.05. The second-order valence-corrected chi connectivity index (χ2v) is 3.06. The van der Waals surface area contributed by atoms with E-state index in [1.54, 1.807) is 29.3 Å². The summed E-state index contributed by atoms with van der Waals surface area (Å²) in [5.74, 6) is 0. The lowest BCUT2D eigenvalue weighted by molar-refractivity contribution is 0.848. The number of nitriles is 1. The number of hydrogen-bond donors (Lipinski definition) is 0. The second-order valence-electron chi connectivity index (χ2n) is 3.06. The first-order chi connectivity index (χ1) is 7.85. The first-order valence-corrected chi connectivity index (χ1v) is 4.58. The van der Waals surface area contributed by atoms with Crippen LogP contribution in [0.3, 0.4) is 0 Å². The Bertz CT molecular complexity index is 571. The summed E-state index contributed by atoms with van der Waals surface area (Å²) in [6.07, 6.45) is 5.07. The molecule has 0 aromatic carbocycles. The van der Waals surface area contributed by atoms with Crippen LogP contribution in [0.5, 0.6) is 0 Å². The molecule has 5 nitrogen and oxygen atoms in total. The van der Waals surface area contributed by atoms with E-state index in [-0.39, 0.29) is 6.42 Å². The van der Waals surface area contributed by atoms with E-state index >= 15 is 0 Å². The maximum atomic E-state index is 8.60. The van der Waals surface area contributed by atoms with Crippen LogP contribution < -0.4 is 0 Å². The van der Waals surface area contributed by atoms with Crippen LogP contribution >= 0.6 is 0 Å². The van der Waals surface area contributed by atoms with Crippen molar-refractivity contribution in [1.29, 1.82) is 5.26 Å². The summed E-state index contributed by atoms with van der Waals surface area (Å²) in [6, 6.07) is 5.62. The van der Waals surface area contributed by atoms with Crippen LogP contribution in [-0.4, -0.2) is 14.8 Å². The summed E-state index contributed by atoms with van der Waals surface area (Å²) in [5.41, 5.74) is 1.68. The Morgan fingerprint density at radius 3 is 3.06 bits per heavy atom. The van der Waals surface area contributed by atoms with E-state index in [9.17, 15) is 0 Å². The normalized spacial score (nSPS) is 9.38. The number of pyridine rings is 1. The Balaban J connectivity index is 2.46. The van der Waals surface area contributed by atoms with Crippen LogP contribution in [0.15, 0.2) is 30.7 Å². The Morgan fingerprint density at radius 1 is 1.56 bits per heavy atom. The summed E-state index contributed by atoms with van der Waals surface area (Å²) < 4.78 is 1.56. The van der Waals surface area contributed by atoms with Gasteiger partial charge in [-0.05, 0) is 12.1 Å². The van der Waals surface area contributed by atoms with Gasteiger partial charge in [-0.1, -0.05) is 0 Å². The van der Waals surface area contributed by atoms with Gasteiger partial charge in [0.1, 0.15) is 0 Å². The van der Waals surface area contributed by atoms with E-state index in [1.165, 1.54) is 0 Å². The zero-order chi connectivity index (χ0) is 11.4. The molecule has 0 amide bonds. The molecule has 2 aromatic heterocycles. The van der Waals surface area contributed by atoms with Crippen molar-refractivity contribution in [3.63, 3.8) is 0 Å². The van der Waals surface area contributed by atoms with Gasteiger partial charge in [-0.3, -0.25) is 9.67 Å². The summed E-state index contributed by atoms with van der Waals surface area (Å²) in [4.78, 5) is 7.30. The van der Waals surface area contributed by atoms with E-state index in [2.05, 4.69) is 14.9 Å². The van der Waals surface area contributed by atoms with Crippen molar-refractivity contribution in [2.45, 2.75) is 6.42 Å². The molecule has 0 saturated heterocycles. The van der Waals surface area contributed by atoms with Gasteiger partial charge < -0.3 is 0 Å². The summed E-state index contributed by atoms with van der Waals surface area (Å²) in [5, 5.41) is 12.8. The highest BCUT2D eigenvalue weighted by molar-refractivity contribution is 5.50. The Morgan fingerprint density at radius 2 is 2.44 bits per heavy atom. The number of nitrogens with zero attached hydrogens (tertiary/aromatic N) is 5. The molecule has 0 unspecified atom stereocenters.